The number of anilines is 1. The molecular formula is C13H13N5O. The maximum Gasteiger partial charge on any atom is 0.134 e. The first-order chi connectivity index (χ1) is 9.33. The first-order valence-electron chi connectivity index (χ1n) is 5.98. The van der Waals surface area contributed by atoms with E-state index in [0.29, 0.717) is 13.1 Å². The maximum atomic E-state index is 9.55. The Kier molecular flexibility index (Phi) is 2.97. The van der Waals surface area contributed by atoms with Gasteiger partial charge in [-0.25, -0.2) is 4.98 Å². The molecule has 0 spiro atoms. The number of hydrogen-bond acceptors (Lipinski definition) is 5. The van der Waals surface area contributed by atoms with E-state index in [2.05, 4.69) is 20.6 Å². The lowest BCUT2D eigenvalue weighted by atomic mass is 10.1. The van der Waals surface area contributed by atoms with Gasteiger partial charge in [0.2, 0.25) is 0 Å². The fraction of sp³-hybridized carbons (Fsp3) is 0.154. The zero-order valence-electron chi connectivity index (χ0n) is 10.2. The maximum absolute atomic E-state index is 9.55. The molecule has 2 N–H and O–H groups in total. The summed E-state index contributed by atoms with van der Waals surface area (Å²) in [6.45, 7) is 1.39. The Morgan fingerprint density at radius 3 is 3.00 bits per heavy atom. The molecule has 6 heteroatoms. The Balaban J connectivity index is 1.78. The average Bonchev–Trinajstić information content (AvgIpc) is 2.92. The van der Waals surface area contributed by atoms with E-state index in [9.17, 15) is 5.11 Å². The molecule has 0 unspecified atom stereocenters. The van der Waals surface area contributed by atoms with E-state index in [1.807, 2.05) is 18.3 Å². The van der Waals surface area contributed by atoms with Crippen LogP contribution < -0.4 is 5.32 Å². The van der Waals surface area contributed by atoms with Crippen LogP contribution in [-0.4, -0.2) is 31.6 Å². The molecule has 2 aromatic heterocycles. The molecule has 0 aliphatic heterocycles. The Labute approximate surface area is 109 Å². The zero-order chi connectivity index (χ0) is 13.1. The van der Waals surface area contributed by atoms with Crippen molar-refractivity contribution in [3.8, 4) is 5.75 Å². The molecule has 0 bridgehead atoms. The van der Waals surface area contributed by atoms with Crippen molar-refractivity contribution in [1.82, 2.24) is 20.0 Å². The number of rotatable bonds is 4. The van der Waals surface area contributed by atoms with Crippen molar-refractivity contribution in [2.75, 3.05) is 11.9 Å². The van der Waals surface area contributed by atoms with Crippen LogP contribution in [0, 0.1) is 0 Å². The Bertz CT molecular complexity index is 681. The van der Waals surface area contributed by atoms with Gasteiger partial charge in [0.25, 0.3) is 0 Å². The fourth-order valence-electron chi connectivity index (χ4n) is 1.94. The highest BCUT2D eigenvalue weighted by atomic mass is 16.3. The van der Waals surface area contributed by atoms with E-state index in [0.717, 1.165) is 16.6 Å². The van der Waals surface area contributed by atoms with Crippen LogP contribution in [0.15, 0.2) is 42.9 Å². The number of benzene rings is 1. The van der Waals surface area contributed by atoms with Gasteiger partial charge in [-0.05, 0) is 23.6 Å². The van der Waals surface area contributed by atoms with E-state index in [1.54, 1.807) is 29.2 Å². The van der Waals surface area contributed by atoms with Crippen LogP contribution >= 0.6 is 0 Å². The average molecular weight is 255 g/mol. The van der Waals surface area contributed by atoms with Gasteiger partial charge in [-0.15, -0.1) is 5.10 Å². The predicted octanol–water partition coefficient (Wildman–Crippen LogP) is 1.64. The van der Waals surface area contributed by atoms with E-state index in [-0.39, 0.29) is 5.75 Å². The van der Waals surface area contributed by atoms with Gasteiger partial charge in [-0.1, -0.05) is 11.3 Å². The van der Waals surface area contributed by atoms with Crippen molar-refractivity contribution in [2.24, 2.45) is 0 Å². The third kappa shape index (κ3) is 2.47. The SMILES string of the molecule is Oc1ccc2ccnc(NCCn3ccnn3)c2c1. The van der Waals surface area contributed by atoms with Gasteiger partial charge in [-0.2, -0.15) is 0 Å². The molecule has 0 saturated heterocycles. The number of hydrogen-bond donors (Lipinski definition) is 2. The van der Waals surface area contributed by atoms with E-state index in [1.165, 1.54) is 0 Å². The summed E-state index contributed by atoms with van der Waals surface area (Å²) in [6.07, 6.45) is 5.20. The van der Waals surface area contributed by atoms with Crippen LogP contribution in [0.3, 0.4) is 0 Å². The van der Waals surface area contributed by atoms with Crippen molar-refractivity contribution in [1.29, 1.82) is 0 Å². The number of fused-ring (bicyclic) bond motifs is 1. The summed E-state index contributed by atoms with van der Waals surface area (Å²) in [5.74, 6) is 0.994. The molecule has 0 amide bonds. The van der Waals surface area contributed by atoms with Gasteiger partial charge in [0, 0.05) is 24.3 Å². The van der Waals surface area contributed by atoms with Crippen molar-refractivity contribution in [3.63, 3.8) is 0 Å². The zero-order valence-corrected chi connectivity index (χ0v) is 10.2. The number of nitrogens with zero attached hydrogens (tertiary/aromatic N) is 4. The largest absolute Gasteiger partial charge is 0.508 e. The quantitative estimate of drug-likeness (QED) is 0.741. The highest BCUT2D eigenvalue weighted by molar-refractivity contribution is 5.92. The Morgan fingerprint density at radius 1 is 1.21 bits per heavy atom. The highest BCUT2D eigenvalue weighted by Crippen LogP contribution is 2.24. The van der Waals surface area contributed by atoms with Crippen LogP contribution in [0.25, 0.3) is 10.8 Å². The molecule has 1 aromatic carbocycles. The summed E-state index contributed by atoms with van der Waals surface area (Å²) in [5.41, 5.74) is 0. The van der Waals surface area contributed by atoms with Gasteiger partial charge >= 0.3 is 0 Å². The van der Waals surface area contributed by atoms with Crippen molar-refractivity contribution in [2.45, 2.75) is 6.54 Å². The fourth-order valence-corrected chi connectivity index (χ4v) is 1.94. The predicted molar refractivity (Wildman–Crippen MR) is 71.9 cm³/mol. The molecule has 19 heavy (non-hydrogen) atoms. The lowest BCUT2D eigenvalue weighted by Crippen LogP contribution is -2.12. The lowest BCUT2D eigenvalue weighted by molar-refractivity contribution is 0.476. The molecule has 0 fully saturated rings. The third-order valence-electron chi connectivity index (χ3n) is 2.86. The second-order valence-electron chi connectivity index (χ2n) is 4.16. The Hall–Kier alpha value is -2.63. The van der Waals surface area contributed by atoms with Crippen LogP contribution in [0.2, 0.25) is 0 Å². The summed E-state index contributed by atoms with van der Waals surface area (Å²) < 4.78 is 1.75. The molecule has 2 heterocycles. The van der Waals surface area contributed by atoms with Crippen molar-refractivity contribution in [3.05, 3.63) is 42.9 Å². The van der Waals surface area contributed by atoms with E-state index < -0.39 is 0 Å². The van der Waals surface area contributed by atoms with E-state index in [4.69, 9.17) is 0 Å². The number of phenolic OH excluding ortho intramolecular Hbond substituents is 1. The number of nitrogens with one attached hydrogen (secondary N) is 1. The van der Waals surface area contributed by atoms with Gasteiger partial charge in [-0.3, -0.25) is 4.68 Å². The number of aromatic hydroxyl groups is 1. The van der Waals surface area contributed by atoms with Gasteiger partial charge in [0.1, 0.15) is 11.6 Å². The molecule has 3 rings (SSSR count). The molecule has 6 nitrogen and oxygen atoms in total. The molecule has 0 aliphatic carbocycles. The van der Waals surface area contributed by atoms with Gasteiger partial charge in [0.05, 0.1) is 12.7 Å². The van der Waals surface area contributed by atoms with Crippen LogP contribution in [0.4, 0.5) is 5.82 Å². The van der Waals surface area contributed by atoms with Crippen molar-refractivity contribution >= 4 is 16.6 Å². The minimum atomic E-state index is 0.236. The molecule has 96 valence electrons. The normalized spacial score (nSPS) is 10.7. The van der Waals surface area contributed by atoms with Gasteiger partial charge < -0.3 is 10.4 Å². The lowest BCUT2D eigenvalue weighted by Gasteiger charge is -2.08. The highest BCUT2D eigenvalue weighted by Gasteiger charge is 2.03. The summed E-state index contributed by atoms with van der Waals surface area (Å²) in [6, 6.07) is 7.16. The monoisotopic (exact) mass is 255 g/mol. The summed E-state index contributed by atoms with van der Waals surface area (Å²) in [7, 11) is 0. The second-order valence-corrected chi connectivity index (χ2v) is 4.16. The first-order valence-corrected chi connectivity index (χ1v) is 5.98. The van der Waals surface area contributed by atoms with Crippen LogP contribution in [0.1, 0.15) is 0 Å². The molecular weight excluding hydrogens is 242 g/mol. The van der Waals surface area contributed by atoms with E-state index >= 15 is 0 Å². The molecule has 0 aliphatic rings. The standard InChI is InChI=1S/C13H13N5O/c19-11-2-1-10-3-4-14-13(12(10)9-11)15-5-7-18-8-6-16-17-18/h1-4,6,8-9,19H,5,7H2,(H,14,15). The number of aromatic nitrogens is 4. The minimum absolute atomic E-state index is 0.236. The number of pyridine rings is 1. The van der Waals surface area contributed by atoms with Crippen LogP contribution in [-0.2, 0) is 6.54 Å². The van der Waals surface area contributed by atoms with Crippen LogP contribution in [0.5, 0.6) is 5.75 Å². The smallest absolute Gasteiger partial charge is 0.134 e. The minimum Gasteiger partial charge on any atom is -0.508 e. The Morgan fingerprint density at radius 2 is 2.16 bits per heavy atom. The first kappa shape index (κ1) is 11.5. The molecule has 3 aromatic rings. The second kappa shape index (κ2) is 4.93. The summed E-state index contributed by atoms with van der Waals surface area (Å²) >= 11 is 0. The van der Waals surface area contributed by atoms with Gasteiger partial charge in [0.15, 0.2) is 0 Å². The summed E-state index contributed by atoms with van der Waals surface area (Å²) in [5, 5.41) is 22.4. The third-order valence-corrected chi connectivity index (χ3v) is 2.86. The number of phenols is 1. The molecule has 0 atom stereocenters. The van der Waals surface area contributed by atoms with Crippen molar-refractivity contribution < 1.29 is 5.11 Å². The molecule has 0 radical (unpaired) electrons. The topological polar surface area (TPSA) is 75.9 Å². The summed E-state index contributed by atoms with van der Waals surface area (Å²) in [4.78, 5) is 4.30. The molecule has 0 saturated carbocycles.